The Morgan fingerprint density at radius 1 is 1.53 bits per heavy atom. The number of amides is 1. The normalized spacial score (nSPS) is 14.7. The maximum absolute atomic E-state index is 11.3. The van der Waals surface area contributed by atoms with Crippen LogP contribution in [0.5, 0.6) is 0 Å². The molecule has 1 amide bonds. The second-order valence-corrected chi connectivity index (χ2v) is 4.50. The van der Waals surface area contributed by atoms with Crippen molar-refractivity contribution in [2.24, 2.45) is 11.7 Å². The third-order valence-corrected chi connectivity index (χ3v) is 2.67. The molecule has 0 aliphatic heterocycles. The predicted molar refractivity (Wildman–Crippen MR) is 66.7 cm³/mol. The van der Waals surface area contributed by atoms with E-state index in [4.69, 9.17) is 18.0 Å². The lowest BCUT2D eigenvalue weighted by atomic mass is 10.1. The van der Waals surface area contributed by atoms with Gasteiger partial charge in [0.1, 0.15) is 0 Å². The molecule has 3 N–H and O–H groups in total. The molecule has 4 nitrogen and oxygen atoms in total. The van der Waals surface area contributed by atoms with Crippen molar-refractivity contribution < 1.29 is 4.79 Å². The fourth-order valence-corrected chi connectivity index (χ4v) is 1.63. The van der Waals surface area contributed by atoms with E-state index >= 15 is 0 Å². The highest BCUT2D eigenvalue weighted by Gasteiger charge is 2.17. The van der Waals surface area contributed by atoms with Gasteiger partial charge in [-0.25, -0.2) is 0 Å². The average Bonchev–Trinajstić information content (AvgIpc) is 2.15. The molecular weight excluding hydrogens is 210 g/mol. The van der Waals surface area contributed by atoms with Crippen molar-refractivity contribution in [2.45, 2.75) is 26.3 Å². The fraction of sp³-hybridized carbons (Fsp3) is 0.800. The van der Waals surface area contributed by atoms with E-state index in [0.29, 0.717) is 18.0 Å². The van der Waals surface area contributed by atoms with Crippen LogP contribution in [-0.4, -0.2) is 42.5 Å². The van der Waals surface area contributed by atoms with Crippen molar-refractivity contribution in [3.8, 4) is 0 Å². The van der Waals surface area contributed by atoms with Gasteiger partial charge in [-0.15, -0.1) is 0 Å². The number of hydrogen-bond acceptors (Lipinski definition) is 3. The summed E-state index contributed by atoms with van der Waals surface area (Å²) in [6, 6.07) is 0.273. The molecule has 0 radical (unpaired) electrons. The molecule has 2 atom stereocenters. The van der Waals surface area contributed by atoms with Crippen molar-refractivity contribution in [3.63, 3.8) is 0 Å². The van der Waals surface area contributed by atoms with E-state index in [2.05, 4.69) is 17.1 Å². The number of thiocarbonyl (C=S) groups is 1. The van der Waals surface area contributed by atoms with Gasteiger partial charge in [-0.05, 0) is 14.0 Å². The summed E-state index contributed by atoms with van der Waals surface area (Å²) in [6.45, 7) is 4.67. The first-order valence-corrected chi connectivity index (χ1v) is 5.49. The van der Waals surface area contributed by atoms with Crippen LogP contribution < -0.4 is 11.1 Å². The van der Waals surface area contributed by atoms with Gasteiger partial charge in [0.2, 0.25) is 5.91 Å². The molecule has 0 aromatic rings. The molecule has 0 fully saturated rings. The van der Waals surface area contributed by atoms with Crippen LogP contribution in [0, 0.1) is 5.92 Å². The van der Waals surface area contributed by atoms with Gasteiger partial charge in [0.15, 0.2) is 0 Å². The SMILES string of the molecule is CNC(=O)C(C)CN(C)C(C)CC(N)=S. The first-order valence-electron chi connectivity index (χ1n) is 5.08. The van der Waals surface area contributed by atoms with E-state index in [0.717, 1.165) is 0 Å². The van der Waals surface area contributed by atoms with Crippen LogP contribution in [0.15, 0.2) is 0 Å². The summed E-state index contributed by atoms with van der Waals surface area (Å²) in [6.07, 6.45) is 0.687. The zero-order valence-electron chi connectivity index (χ0n) is 9.91. The second-order valence-electron chi connectivity index (χ2n) is 3.97. The van der Waals surface area contributed by atoms with E-state index in [1.54, 1.807) is 7.05 Å². The largest absolute Gasteiger partial charge is 0.393 e. The van der Waals surface area contributed by atoms with Crippen molar-refractivity contribution in [1.82, 2.24) is 10.2 Å². The third kappa shape index (κ3) is 5.69. The monoisotopic (exact) mass is 231 g/mol. The Bertz CT molecular complexity index is 233. The minimum Gasteiger partial charge on any atom is -0.393 e. The van der Waals surface area contributed by atoms with Crippen LogP contribution in [0.4, 0.5) is 0 Å². The van der Waals surface area contributed by atoms with E-state index in [1.807, 2.05) is 14.0 Å². The average molecular weight is 231 g/mol. The maximum atomic E-state index is 11.3. The van der Waals surface area contributed by atoms with Crippen molar-refractivity contribution in [1.29, 1.82) is 0 Å². The van der Waals surface area contributed by atoms with Gasteiger partial charge >= 0.3 is 0 Å². The highest BCUT2D eigenvalue weighted by molar-refractivity contribution is 7.80. The van der Waals surface area contributed by atoms with Gasteiger partial charge in [0.25, 0.3) is 0 Å². The molecule has 0 saturated carbocycles. The molecule has 88 valence electrons. The van der Waals surface area contributed by atoms with Gasteiger partial charge in [-0.1, -0.05) is 19.1 Å². The first-order chi connectivity index (χ1) is 6.88. The van der Waals surface area contributed by atoms with Crippen LogP contribution in [0.2, 0.25) is 0 Å². The Balaban J connectivity index is 4.06. The van der Waals surface area contributed by atoms with Gasteiger partial charge in [0.05, 0.1) is 4.99 Å². The van der Waals surface area contributed by atoms with Crippen LogP contribution in [0.1, 0.15) is 20.3 Å². The Morgan fingerprint density at radius 3 is 2.47 bits per heavy atom. The molecule has 0 bridgehead atoms. The summed E-state index contributed by atoms with van der Waals surface area (Å²) in [4.78, 5) is 13.9. The highest BCUT2D eigenvalue weighted by Crippen LogP contribution is 2.05. The van der Waals surface area contributed by atoms with Gasteiger partial charge in [-0.3, -0.25) is 4.79 Å². The Morgan fingerprint density at radius 2 is 2.07 bits per heavy atom. The summed E-state index contributed by atoms with van der Waals surface area (Å²) in [5, 5.41) is 2.63. The summed E-state index contributed by atoms with van der Waals surface area (Å²) in [5.74, 6) is 0.0400. The summed E-state index contributed by atoms with van der Waals surface area (Å²) < 4.78 is 0. The van der Waals surface area contributed by atoms with Crippen LogP contribution >= 0.6 is 12.2 Å². The number of carbonyl (C=O) groups is 1. The smallest absolute Gasteiger partial charge is 0.223 e. The molecule has 5 heteroatoms. The lowest BCUT2D eigenvalue weighted by Gasteiger charge is -2.26. The Hall–Kier alpha value is -0.680. The second kappa shape index (κ2) is 6.74. The third-order valence-electron chi connectivity index (χ3n) is 2.50. The number of carbonyl (C=O) groups excluding carboxylic acids is 1. The van der Waals surface area contributed by atoms with Crippen molar-refractivity contribution >= 4 is 23.1 Å². The molecule has 2 unspecified atom stereocenters. The summed E-state index contributed by atoms with van der Waals surface area (Å²) >= 11 is 4.85. The van der Waals surface area contributed by atoms with Crippen LogP contribution in [-0.2, 0) is 4.79 Å². The van der Waals surface area contributed by atoms with Gasteiger partial charge < -0.3 is 16.0 Å². The van der Waals surface area contributed by atoms with E-state index < -0.39 is 0 Å². The van der Waals surface area contributed by atoms with Crippen LogP contribution in [0.25, 0.3) is 0 Å². The lowest BCUT2D eigenvalue weighted by Crippen LogP contribution is -2.39. The standard InChI is InChI=1S/C10H21N3OS/c1-7(10(14)12-3)6-13(4)8(2)5-9(11)15/h7-8H,5-6H2,1-4H3,(H2,11,15)(H,12,14). The number of nitrogens with zero attached hydrogens (tertiary/aromatic N) is 1. The predicted octanol–water partition coefficient (Wildman–Crippen LogP) is 0.365. The fourth-order valence-electron chi connectivity index (χ4n) is 1.39. The maximum Gasteiger partial charge on any atom is 0.223 e. The Labute approximate surface area is 97.2 Å². The molecule has 0 aromatic heterocycles. The molecule has 15 heavy (non-hydrogen) atoms. The van der Waals surface area contributed by atoms with E-state index in [9.17, 15) is 4.79 Å². The molecular formula is C10H21N3OS. The lowest BCUT2D eigenvalue weighted by molar-refractivity contribution is -0.124. The van der Waals surface area contributed by atoms with E-state index in [1.165, 1.54) is 0 Å². The molecule has 0 aromatic carbocycles. The van der Waals surface area contributed by atoms with Gasteiger partial charge in [0, 0.05) is 32.0 Å². The molecule has 0 spiro atoms. The summed E-state index contributed by atoms with van der Waals surface area (Å²) in [5.41, 5.74) is 5.47. The molecule has 0 aliphatic carbocycles. The number of nitrogens with one attached hydrogen (secondary N) is 1. The minimum absolute atomic E-state index is 0.0196. The Kier molecular flexibility index (Phi) is 6.43. The van der Waals surface area contributed by atoms with E-state index in [-0.39, 0.29) is 17.9 Å². The first kappa shape index (κ1) is 14.3. The topological polar surface area (TPSA) is 58.4 Å². The molecule has 0 saturated heterocycles. The zero-order valence-corrected chi connectivity index (χ0v) is 10.7. The van der Waals surface area contributed by atoms with Crippen molar-refractivity contribution in [2.75, 3.05) is 20.6 Å². The molecule has 0 heterocycles. The van der Waals surface area contributed by atoms with Crippen molar-refractivity contribution in [3.05, 3.63) is 0 Å². The quantitative estimate of drug-likeness (QED) is 0.648. The highest BCUT2D eigenvalue weighted by atomic mass is 32.1. The zero-order chi connectivity index (χ0) is 12.0. The number of hydrogen-bond donors (Lipinski definition) is 2. The number of nitrogens with two attached hydrogens (primary N) is 1. The van der Waals surface area contributed by atoms with Gasteiger partial charge in [-0.2, -0.15) is 0 Å². The minimum atomic E-state index is -0.0196. The summed E-state index contributed by atoms with van der Waals surface area (Å²) in [7, 11) is 3.62. The molecule has 0 rings (SSSR count). The molecule has 0 aliphatic rings. The number of rotatable bonds is 6. The van der Waals surface area contributed by atoms with Crippen LogP contribution in [0.3, 0.4) is 0 Å².